The van der Waals surface area contributed by atoms with E-state index in [0.29, 0.717) is 0 Å². The number of halogens is 3. The predicted molar refractivity (Wildman–Crippen MR) is 94.3 cm³/mol. The van der Waals surface area contributed by atoms with E-state index in [1.807, 2.05) is 0 Å². The van der Waals surface area contributed by atoms with E-state index in [0.717, 1.165) is 24.3 Å². The Morgan fingerprint density at radius 3 is 2.54 bits per heavy atom. The molecule has 0 spiro atoms. The third kappa shape index (κ3) is 4.05. The molecule has 1 fully saturated rings. The largest absolute Gasteiger partial charge is 0.377 e. The molecule has 2 N–H and O–H groups in total. The maximum Gasteiger partial charge on any atom is 0.272 e. The second-order valence-electron chi connectivity index (χ2n) is 6.82. The summed E-state index contributed by atoms with van der Waals surface area (Å²) < 4.78 is 72.8. The normalized spacial score (nSPS) is 16.1. The van der Waals surface area contributed by atoms with Gasteiger partial charge < -0.3 is 14.6 Å². The number of anilines is 1. The standard InChI is InChI=1S/C17H18F3N3O4S/c1-17(8-27-9-17)22-28(25,26)11-6-14(23(2)7-11)16(24)21-10-3-4-13(18)12(5-10)15(19)20/h3-7,15,22H,8-9H2,1-2H3,(H,21,24). The molecule has 1 saturated heterocycles. The number of amides is 1. The van der Waals surface area contributed by atoms with Crippen LogP contribution in [0.5, 0.6) is 0 Å². The first-order valence-electron chi connectivity index (χ1n) is 8.18. The van der Waals surface area contributed by atoms with Gasteiger partial charge in [0, 0.05) is 18.9 Å². The van der Waals surface area contributed by atoms with Crippen molar-refractivity contribution in [2.45, 2.75) is 23.8 Å². The minimum absolute atomic E-state index is 0.0155. The zero-order chi connectivity index (χ0) is 20.7. The molecule has 28 heavy (non-hydrogen) atoms. The van der Waals surface area contributed by atoms with Crippen LogP contribution < -0.4 is 10.0 Å². The van der Waals surface area contributed by atoms with Gasteiger partial charge in [-0.15, -0.1) is 0 Å². The van der Waals surface area contributed by atoms with Crippen LogP contribution in [0.25, 0.3) is 0 Å². The molecule has 0 aliphatic carbocycles. The van der Waals surface area contributed by atoms with Crippen LogP contribution in [-0.2, 0) is 21.8 Å². The van der Waals surface area contributed by atoms with Gasteiger partial charge in [-0.2, -0.15) is 0 Å². The van der Waals surface area contributed by atoms with Crippen molar-refractivity contribution in [3.63, 3.8) is 0 Å². The van der Waals surface area contributed by atoms with E-state index in [1.54, 1.807) is 6.92 Å². The minimum atomic E-state index is -3.89. The van der Waals surface area contributed by atoms with Crippen molar-refractivity contribution in [3.05, 3.63) is 47.5 Å². The second-order valence-corrected chi connectivity index (χ2v) is 8.50. The number of nitrogens with one attached hydrogen (secondary N) is 2. The number of rotatable bonds is 6. The van der Waals surface area contributed by atoms with Crippen LogP contribution >= 0.6 is 0 Å². The third-order valence-corrected chi connectivity index (χ3v) is 5.84. The molecule has 0 radical (unpaired) electrons. The lowest BCUT2D eigenvalue weighted by Crippen LogP contribution is -2.59. The zero-order valence-corrected chi connectivity index (χ0v) is 15.8. The Kier molecular flexibility index (Phi) is 5.26. The number of hydrogen-bond donors (Lipinski definition) is 2. The molecule has 7 nitrogen and oxygen atoms in total. The average Bonchev–Trinajstić information content (AvgIpc) is 2.97. The second kappa shape index (κ2) is 7.22. The number of alkyl halides is 2. The first kappa shape index (κ1) is 20.4. The van der Waals surface area contributed by atoms with Crippen LogP contribution in [-0.4, -0.2) is 37.6 Å². The first-order chi connectivity index (χ1) is 13.0. The number of sulfonamides is 1. The molecule has 152 valence electrons. The van der Waals surface area contributed by atoms with Crippen molar-refractivity contribution >= 4 is 21.6 Å². The highest BCUT2D eigenvalue weighted by molar-refractivity contribution is 7.89. The summed E-state index contributed by atoms with van der Waals surface area (Å²) in [4.78, 5) is 12.3. The summed E-state index contributed by atoms with van der Waals surface area (Å²) in [6.07, 6.45) is -1.78. The number of benzene rings is 1. The molecular formula is C17H18F3N3O4S. The lowest BCUT2D eigenvalue weighted by molar-refractivity contribution is -0.0523. The quantitative estimate of drug-likeness (QED) is 0.756. The van der Waals surface area contributed by atoms with E-state index in [-0.39, 0.29) is 29.5 Å². The van der Waals surface area contributed by atoms with Crippen LogP contribution in [0.2, 0.25) is 0 Å². The van der Waals surface area contributed by atoms with Gasteiger partial charge in [-0.1, -0.05) is 0 Å². The molecule has 1 aliphatic heterocycles. The highest BCUT2D eigenvalue weighted by Gasteiger charge is 2.38. The van der Waals surface area contributed by atoms with Crippen molar-refractivity contribution in [1.82, 2.24) is 9.29 Å². The molecule has 0 bridgehead atoms. The molecule has 0 unspecified atom stereocenters. The number of aromatic nitrogens is 1. The molecule has 1 amide bonds. The molecule has 0 atom stereocenters. The Labute approximate surface area is 159 Å². The van der Waals surface area contributed by atoms with Gasteiger partial charge in [0.2, 0.25) is 10.0 Å². The fraction of sp³-hybridized carbons (Fsp3) is 0.353. The smallest absolute Gasteiger partial charge is 0.272 e. The number of hydrogen-bond acceptors (Lipinski definition) is 4. The molecule has 2 aromatic rings. The molecule has 11 heteroatoms. The summed E-state index contributed by atoms with van der Waals surface area (Å²) in [7, 11) is -2.42. The Hall–Kier alpha value is -2.37. The van der Waals surface area contributed by atoms with E-state index >= 15 is 0 Å². The van der Waals surface area contributed by atoms with Gasteiger partial charge in [0.15, 0.2) is 0 Å². The third-order valence-electron chi connectivity index (χ3n) is 4.23. The molecule has 1 aliphatic rings. The van der Waals surface area contributed by atoms with Gasteiger partial charge in [0.25, 0.3) is 12.3 Å². The zero-order valence-electron chi connectivity index (χ0n) is 15.0. The molecule has 0 saturated carbocycles. The number of aryl methyl sites for hydroxylation is 1. The van der Waals surface area contributed by atoms with Gasteiger partial charge in [0.1, 0.15) is 16.4 Å². The lowest BCUT2D eigenvalue weighted by Gasteiger charge is -2.38. The Bertz CT molecular complexity index is 1020. The highest BCUT2D eigenvalue weighted by atomic mass is 32.2. The van der Waals surface area contributed by atoms with Crippen LogP contribution in [0, 0.1) is 5.82 Å². The molecule has 3 rings (SSSR count). The fourth-order valence-corrected chi connectivity index (χ4v) is 4.19. The van der Waals surface area contributed by atoms with Crippen molar-refractivity contribution in [2.24, 2.45) is 7.05 Å². The van der Waals surface area contributed by atoms with E-state index in [4.69, 9.17) is 4.74 Å². The lowest BCUT2D eigenvalue weighted by atomic mass is 10.0. The van der Waals surface area contributed by atoms with Gasteiger partial charge >= 0.3 is 0 Å². The predicted octanol–water partition coefficient (Wildman–Crippen LogP) is 2.42. The van der Waals surface area contributed by atoms with E-state index in [1.165, 1.54) is 17.8 Å². The molecule has 2 heterocycles. The number of carbonyl (C=O) groups is 1. The van der Waals surface area contributed by atoms with Gasteiger partial charge in [-0.25, -0.2) is 26.3 Å². The SMILES string of the molecule is Cn1cc(S(=O)(=O)NC2(C)COC2)cc1C(=O)Nc1ccc(F)c(C(F)F)c1. The van der Waals surface area contributed by atoms with Crippen molar-refractivity contribution < 1.29 is 31.1 Å². The van der Waals surface area contributed by atoms with Crippen molar-refractivity contribution in [1.29, 1.82) is 0 Å². The topological polar surface area (TPSA) is 89.4 Å². The minimum Gasteiger partial charge on any atom is -0.377 e. The Morgan fingerprint density at radius 2 is 1.96 bits per heavy atom. The van der Waals surface area contributed by atoms with E-state index < -0.39 is 39.3 Å². The molecule has 1 aromatic heterocycles. The monoisotopic (exact) mass is 417 g/mol. The van der Waals surface area contributed by atoms with E-state index in [9.17, 15) is 26.4 Å². The van der Waals surface area contributed by atoms with Gasteiger partial charge in [-0.3, -0.25) is 4.79 Å². The summed E-state index contributed by atoms with van der Waals surface area (Å²) in [5.74, 6) is -1.81. The Balaban J connectivity index is 1.81. The summed E-state index contributed by atoms with van der Waals surface area (Å²) in [5.41, 5.74) is -1.60. The van der Waals surface area contributed by atoms with E-state index in [2.05, 4.69) is 10.0 Å². The summed E-state index contributed by atoms with van der Waals surface area (Å²) in [6.45, 7) is 2.17. The highest BCUT2D eigenvalue weighted by Crippen LogP contribution is 2.26. The number of ether oxygens (including phenoxy) is 1. The van der Waals surface area contributed by atoms with Gasteiger partial charge in [0.05, 0.1) is 24.3 Å². The van der Waals surface area contributed by atoms with Crippen molar-refractivity contribution in [3.8, 4) is 0 Å². The maximum absolute atomic E-state index is 13.4. The maximum atomic E-state index is 13.4. The van der Waals surface area contributed by atoms with Gasteiger partial charge in [-0.05, 0) is 31.2 Å². The average molecular weight is 417 g/mol. The Morgan fingerprint density at radius 1 is 1.29 bits per heavy atom. The summed E-state index contributed by atoms with van der Waals surface area (Å²) >= 11 is 0. The summed E-state index contributed by atoms with van der Waals surface area (Å²) in [6, 6.07) is 3.96. The van der Waals surface area contributed by atoms with Crippen LogP contribution in [0.3, 0.4) is 0 Å². The number of nitrogens with zero attached hydrogens (tertiary/aromatic N) is 1. The molecular weight excluding hydrogens is 399 g/mol. The first-order valence-corrected chi connectivity index (χ1v) is 9.66. The number of carbonyl (C=O) groups excluding carboxylic acids is 1. The van der Waals surface area contributed by atoms with Crippen LogP contribution in [0.15, 0.2) is 35.4 Å². The fourth-order valence-electron chi connectivity index (χ4n) is 2.74. The van der Waals surface area contributed by atoms with Crippen LogP contribution in [0.1, 0.15) is 29.4 Å². The summed E-state index contributed by atoms with van der Waals surface area (Å²) in [5, 5.41) is 2.36. The van der Waals surface area contributed by atoms with Crippen molar-refractivity contribution in [2.75, 3.05) is 18.5 Å². The molecule has 1 aromatic carbocycles. The van der Waals surface area contributed by atoms with Crippen LogP contribution in [0.4, 0.5) is 18.9 Å².